The molecular weight excluding hydrogens is 246 g/mol. The second-order valence-corrected chi connectivity index (χ2v) is 4.97. The zero-order valence-electron chi connectivity index (χ0n) is 10.5. The molecule has 0 aliphatic rings. The van der Waals surface area contributed by atoms with Crippen molar-refractivity contribution >= 4 is 17.1 Å². The van der Waals surface area contributed by atoms with Gasteiger partial charge in [0, 0.05) is 23.8 Å². The minimum atomic E-state index is 0.198. The lowest BCUT2D eigenvalue weighted by molar-refractivity contribution is -0.116. The van der Waals surface area contributed by atoms with Gasteiger partial charge in [-0.1, -0.05) is 12.1 Å². The third-order valence-electron chi connectivity index (χ3n) is 2.63. The van der Waals surface area contributed by atoms with Gasteiger partial charge in [-0.2, -0.15) is 0 Å². The van der Waals surface area contributed by atoms with Crippen molar-refractivity contribution in [2.24, 2.45) is 0 Å². The Labute approximate surface area is 110 Å². The molecule has 3 nitrogen and oxygen atoms in total. The molecule has 0 radical (unpaired) electrons. The fourth-order valence-electron chi connectivity index (χ4n) is 1.69. The molecular formula is C14H15NO2S. The normalized spacial score (nSPS) is 10.3. The van der Waals surface area contributed by atoms with E-state index in [9.17, 15) is 4.79 Å². The van der Waals surface area contributed by atoms with Crippen molar-refractivity contribution in [3.8, 4) is 17.0 Å². The summed E-state index contributed by atoms with van der Waals surface area (Å²) in [6, 6.07) is 7.81. The van der Waals surface area contributed by atoms with E-state index in [1.54, 1.807) is 25.4 Å². The van der Waals surface area contributed by atoms with Crippen molar-refractivity contribution in [1.29, 1.82) is 0 Å². The summed E-state index contributed by atoms with van der Waals surface area (Å²) in [5.41, 5.74) is 1.90. The number of carbonyl (C=O) groups excluding carboxylic acids is 1. The molecule has 0 spiro atoms. The molecule has 0 atom stereocenters. The highest BCUT2D eigenvalue weighted by Crippen LogP contribution is 2.30. The Bertz CT molecular complexity index is 548. The molecule has 4 heteroatoms. The number of aryl methyl sites for hydroxylation is 1. The number of thiazole rings is 1. The van der Waals surface area contributed by atoms with Crippen molar-refractivity contribution in [3.05, 3.63) is 34.7 Å². The maximum Gasteiger partial charge on any atom is 0.130 e. The molecule has 0 fully saturated rings. The number of hydrogen-bond donors (Lipinski definition) is 0. The van der Waals surface area contributed by atoms with Crippen LogP contribution in [0, 0.1) is 0 Å². The van der Waals surface area contributed by atoms with Crippen LogP contribution in [0.25, 0.3) is 11.3 Å². The van der Waals surface area contributed by atoms with Crippen molar-refractivity contribution in [2.75, 3.05) is 7.11 Å². The van der Waals surface area contributed by atoms with Gasteiger partial charge in [-0.15, -0.1) is 11.3 Å². The standard InChI is InChI=1S/C14H15NO2S/c1-10(16)7-8-14-15-12(9-18-14)11-5-3-4-6-13(11)17-2/h3-6,9H,7-8H2,1-2H3. The summed E-state index contributed by atoms with van der Waals surface area (Å²) in [7, 11) is 1.65. The molecule has 94 valence electrons. The number of nitrogens with zero attached hydrogens (tertiary/aromatic N) is 1. The molecule has 0 unspecified atom stereocenters. The molecule has 0 saturated heterocycles. The summed E-state index contributed by atoms with van der Waals surface area (Å²) < 4.78 is 5.32. The first-order chi connectivity index (χ1) is 8.70. The lowest BCUT2D eigenvalue weighted by atomic mass is 10.1. The lowest BCUT2D eigenvalue weighted by Crippen LogP contribution is -1.93. The average molecular weight is 261 g/mol. The lowest BCUT2D eigenvalue weighted by Gasteiger charge is -2.04. The molecule has 1 heterocycles. The Kier molecular flexibility index (Phi) is 4.10. The summed E-state index contributed by atoms with van der Waals surface area (Å²) in [5, 5.41) is 3.00. The van der Waals surface area contributed by atoms with Crippen LogP contribution < -0.4 is 4.74 Å². The number of ether oxygens (including phenoxy) is 1. The average Bonchev–Trinajstić information content (AvgIpc) is 2.85. The van der Waals surface area contributed by atoms with Crippen molar-refractivity contribution in [1.82, 2.24) is 4.98 Å². The summed E-state index contributed by atoms with van der Waals surface area (Å²) in [4.78, 5) is 15.5. The van der Waals surface area contributed by atoms with Gasteiger partial charge in [0.25, 0.3) is 0 Å². The number of rotatable bonds is 5. The molecule has 18 heavy (non-hydrogen) atoms. The van der Waals surface area contributed by atoms with Crippen LogP contribution in [-0.2, 0) is 11.2 Å². The van der Waals surface area contributed by atoms with E-state index in [2.05, 4.69) is 4.98 Å². The van der Waals surface area contributed by atoms with Crippen molar-refractivity contribution in [2.45, 2.75) is 19.8 Å². The number of carbonyl (C=O) groups is 1. The molecule has 0 bridgehead atoms. The van der Waals surface area contributed by atoms with Crippen LogP contribution in [0.1, 0.15) is 18.4 Å². The number of ketones is 1. The maximum atomic E-state index is 11.0. The molecule has 0 saturated carbocycles. The Hall–Kier alpha value is -1.68. The Morgan fingerprint density at radius 1 is 1.39 bits per heavy atom. The van der Waals surface area contributed by atoms with Crippen LogP contribution in [0.2, 0.25) is 0 Å². The van der Waals surface area contributed by atoms with Gasteiger partial charge in [0.1, 0.15) is 11.5 Å². The molecule has 2 rings (SSSR count). The Morgan fingerprint density at radius 3 is 2.89 bits per heavy atom. The first-order valence-corrected chi connectivity index (χ1v) is 6.66. The SMILES string of the molecule is COc1ccccc1-c1csc(CCC(C)=O)n1. The van der Waals surface area contributed by atoms with Gasteiger partial charge in [0.2, 0.25) is 0 Å². The van der Waals surface area contributed by atoms with Crippen LogP contribution in [0.15, 0.2) is 29.6 Å². The zero-order valence-corrected chi connectivity index (χ0v) is 11.3. The van der Waals surface area contributed by atoms with E-state index in [0.29, 0.717) is 6.42 Å². The van der Waals surface area contributed by atoms with Gasteiger partial charge in [0.15, 0.2) is 0 Å². The van der Waals surface area contributed by atoms with E-state index in [0.717, 1.165) is 28.4 Å². The first kappa shape index (κ1) is 12.8. The second-order valence-electron chi connectivity index (χ2n) is 4.03. The number of methoxy groups -OCH3 is 1. The molecule has 0 aliphatic heterocycles. The number of aromatic nitrogens is 1. The van der Waals surface area contributed by atoms with Gasteiger partial charge < -0.3 is 9.53 Å². The highest BCUT2D eigenvalue weighted by Gasteiger charge is 2.09. The molecule has 2 aromatic rings. The molecule has 1 aromatic carbocycles. The maximum absolute atomic E-state index is 11.0. The van der Waals surface area contributed by atoms with Gasteiger partial charge in [-0.05, 0) is 19.1 Å². The van der Waals surface area contributed by atoms with E-state index in [1.807, 2.05) is 29.6 Å². The molecule has 1 aromatic heterocycles. The van der Waals surface area contributed by atoms with Crippen molar-refractivity contribution < 1.29 is 9.53 Å². The van der Waals surface area contributed by atoms with Gasteiger partial charge >= 0.3 is 0 Å². The topological polar surface area (TPSA) is 39.2 Å². The highest BCUT2D eigenvalue weighted by atomic mass is 32.1. The smallest absolute Gasteiger partial charge is 0.130 e. The summed E-state index contributed by atoms with van der Waals surface area (Å²) in [6.45, 7) is 1.61. The quantitative estimate of drug-likeness (QED) is 0.828. The van der Waals surface area contributed by atoms with Crippen LogP contribution in [0.4, 0.5) is 0 Å². The van der Waals surface area contributed by atoms with Gasteiger partial charge in [0.05, 0.1) is 17.8 Å². The van der Waals surface area contributed by atoms with Gasteiger partial charge in [-0.3, -0.25) is 0 Å². The number of benzene rings is 1. The van der Waals surface area contributed by atoms with E-state index in [1.165, 1.54) is 0 Å². The Morgan fingerprint density at radius 2 is 2.17 bits per heavy atom. The number of para-hydroxylation sites is 1. The third kappa shape index (κ3) is 2.96. The molecule has 0 aliphatic carbocycles. The van der Waals surface area contributed by atoms with E-state index < -0.39 is 0 Å². The fourth-order valence-corrected chi connectivity index (χ4v) is 2.49. The summed E-state index contributed by atoms with van der Waals surface area (Å²) >= 11 is 1.59. The summed E-state index contributed by atoms with van der Waals surface area (Å²) in [6.07, 6.45) is 1.27. The van der Waals surface area contributed by atoms with E-state index >= 15 is 0 Å². The van der Waals surface area contributed by atoms with Crippen LogP contribution >= 0.6 is 11.3 Å². The Balaban J connectivity index is 2.21. The van der Waals surface area contributed by atoms with Crippen LogP contribution in [-0.4, -0.2) is 17.9 Å². The first-order valence-electron chi connectivity index (χ1n) is 5.78. The largest absolute Gasteiger partial charge is 0.496 e. The monoisotopic (exact) mass is 261 g/mol. The minimum Gasteiger partial charge on any atom is -0.496 e. The molecule has 0 amide bonds. The summed E-state index contributed by atoms with van der Waals surface area (Å²) in [5.74, 6) is 1.02. The van der Waals surface area contributed by atoms with Crippen LogP contribution in [0.3, 0.4) is 0 Å². The predicted molar refractivity (Wildman–Crippen MR) is 73.1 cm³/mol. The number of hydrogen-bond acceptors (Lipinski definition) is 4. The predicted octanol–water partition coefficient (Wildman–Crippen LogP) is 3.34. The zero-order chi connectivity index (χ0) is 13.0. The van der Waals surface area contributed by atoms with Gasteiger partial charge in [-0.25, -0.2) is 4.98 Å². The van der Waals surface area contributed by atoms with E-state index in [4.69, 9.17) is 4.74 Å². The highest BCUT2D eigenvalue weighted by molar-refractivity contribution is 7.09. The molecule has 0 N–H and O–H groups in total. The fraction of sp³-hybridized carbons (Fsp3) is 0.286. The number of Topliss-reactive ketones (excluding diaryl/α,β-unsaturated/α-hetero) is 1. The van der Waals surface area contributed by atoms with E-state index in [-0.39, 0.29) is 5.78 Å². The third-order valence-corrected chi connectivity index (χ3v) is 3.53. The van der Waals surface area contributed by atoms with Crippen molar-refractivity contribution in [3.63, 3.8) is 0 Å². The van der Waals surface area contributed by atoms with Crippen LogP contribution in [0.5, 0.6) is 5.75 Å². The minimum absolute atomic E-state index is 0.198. The second kappa shape index (κ2) is 5.78.